The molecule has 7 aromatic rings. The summed E-state index contributed by atoms with van der Waals surface area (Å²) in [6.45, 7) is 3.83. The molecule has 24 N–H and O–H groups in total. The molecule has 17 bridgehead atoms. The normalized spacial score (nSPS) is 25.1. The van der Waals surface area contributed by atoms with Crippen LogP contribution in [0.1, 0.15) is 159 Å². The average molecular weight is 1900 g/mol. The maximum atomic E-state index is 16.9. The van der Waals surface area contributed by atoms with E-state index in [1.807, 2.05) is 0 Å². The van der Waals surface area contributed by atoms with Gasteiger partial charge in [-0.25, -0.2) is 4.79 Å². The molecule has 134 heavy (non-hydrogen) atoms. The number of esters is 1. The predicted octanol–water partition coefficient (Wildman–Crippen LogP) is 3.37. The maximum absolute atomic E-state index is 16.9. The second kappa shape index (κ2) is 45.4. The van der Waals surface area contributed by atoms with E-state index in [1.165, 1.54) is 55.6 Å². The van der Waals surface area contributed by atoms with Crippen molar-refractivity contribution in [1.29, 1.82) is 0 Å². The zero-order valence-electron chi connectivity index (χ0n) is 73.2. The minimum Gasteiger partial charge on any atom is -0.508 e. The quantitative estimate of drug-likeness (QED) is 0.0236. The third-order valence-corrected chi connectivity index (χ3v) is 24.5. The van der Waals surface area contributed by atoms with Gasteiger partial charge in [-0.05, 0) is 172 Å². The fourth-order valence-electron chi connectivity index (χ4n) is 16.5. The van der Waals surface area contributed by atoms with Crippen LogP contribution in [0, 0.1) is 0 Å². The van der Waals surface area contributed by atoms with Gasteiger partial charge in [-0.3, -0.25) is 38.4 Å². The second-order valence-electron chi connectivity index (χ2n) is 33.2. The molecule has 0 spiro atoms. The van der Waals surface area contributed by atoms with Crippen molar-refractivity contribution < 1.29 is 137 Å². The number of carbonyl (C=O) groups excluding carboxylic acids is 9. The standard InChI is InChI=1S/C92H110Cl2N12O28/c1-4-5-6-7-8-9-10-11-15-65(112)101-74-77(115)79(117)82(90(126)127-3)134-91(74)133-81-62-36-47-37-63(81)130-59-25-20-46(34-54(59)93)75(113)73-89(125)105-71(84(120)99-31-14-30-98-29-13-28-97-27-12-26-95)52-38-48(108)39-61(131-92-80(118)78(116)76(114)64(42-107)132-92)66(52)51-33-44(18-23-56(51)109)69(86(122)106-73)102-87(123)70(47)103-88(124)72-53-40-50(41-58(111)67(53)94)129-60-35-45(19-24-57(60)110)68(96-2)85(121)100-55(83(119)104-72)32-43-16-21-49(128-62)22-17-43/h16-25,33-41,55,64,68-80,82,91-92,96-98,107-111,113-118H,4-15,26-32,42,95H2,1-3H3,(H,99,120)(H,100,121)(H,101,112)(H,102,123)(H,103,124)(H,104,119)(H,105,125)(H,106,122)/t55-,64-,68+,69-,70-,71+,72+,73+,74-,75-,76-,77-,78+,79+,80+,82+,91-,92+/m1/s1. The van der Waals surface area contributed by atoms with Crippen molar-refractivity contribution >= 4 is 76.4 Å². The number of carbonyl (C=O) groups is 9. The van der Waals surface area contributed by atoms with Crippen molar-refractivity contribution in [2.24, 2.45) is 5.73 Å². The Morgan fingerprint density at radius 1 is 0.530 bits per heavy atom. The lowest BCUT2D eigenvalue weighted by atomic mass is 9.89. The van der Waals surface area contributed by atoms with Crippen LogP contribution in [-0.4, -0.2) is 243 Å². The van der Waals surface area contributed by atoms with Gasteiger partial charge in [-0.15, -0.1) is 0 Å². The molecule has 15 rings (SSSR count). The Morgan fingerprint density at radius 3 is 1.86 bits per heavy atom. The van der Waals surface area contributed by atoms with Crippen molar-refractivity contribution in [2.75, 3.05) is 60.0 Å². The van der Waals surface area contributed by atoms with Crippen LogP contribution in [0.25, 0.3) is 11.1 Å². The number of aliphatic hydroxyl groups excluding tert-OH is 7. The Bertz CT molecular complexity index is 5430. The van der Waals surface area contributed by atoms with E-state index in [4.69, 9.17) is 66.8 Å². The third kappa shape index (κ3) is 23.3. The number of fused-ring (bicyclic) bond motifs is 14. The van der Waals surface area contributed by atoms with Crippen molar-refractivity contribution in [2.45, 2.75) is 200 Å². The van der Waals surface area contributed by atoms with Gasteiger partial charge in [0.25, 0.3) is 0 Å². The number of unbranched alkanes of at least 4 members (excludes halogenated alkanes) is 7. The molecule has 8 amide bonds. The molecule has 0 aliphatic carbocycles. The largest absolute Gasteiger partial charge is 0.508 e. The van der Waals surface area contributed by atoms with Gasteiger partial charge in [-0.1, -0.05) is 105 Å². The highest BCUT2D eigenvalue weighted by Crippen LogP contribution is 2.51. The Balaban J connectivity index is 1.02. The third-order valence-electron chi connectivity index (χ3n) is 23.8. The van der Waals surface area contributed by atoms with Crippen LogP contribution >= 0.6 is 23.2 Å². The lowest BCUT2D eigenvalue weighted by molar-refractivity contribution is -0.277. The van der Waals surface area contributed by atoms with Gasteiger partial charge in [0.05, 0.1) is 23.8 Å². The number of aliphatic hydroxyl groups is 7. The van der Waals surface area contributed by atoms with E-state index in [-0.39, 0.29) is 47.8 Å². The number of nitrogens with one attached hydrogen (secondary N) is 11. The van der Waals surface area contributed by atoms with Gasteiger partial charge in [0.1, 0.15) is 131 Å². The number of phenols is 4. The topological polar surface area (TPSA) is 608 Å². The van der Waals surface area contributed by atoms with Crippen molar-refractivity contribution in [3.8, 4) is 80.1 Å². The average Bonchev–Trinajstić information content (AvgIpc) is 0.755. The fourth-order valence-corrected chi connectivity index (χ4v) is 17.0. The van der Waals surface area contributed by atoms with Gasteiger partial charge in [-0.2, -0.15) is 0 Å². The first-order valence-electron chi connectivity index (χ1n) is 44.1. The van der Waals surface area contributed by atoms with Crippen LogP contribution in [-0.2, 0) is 63.8 Å². The number of hydrogen-bond acceptors (Lipinski definition) is 32. The SMILES string of the molecule is CCCCCCCCCCC(=O)N[C@H]1[C@H](Oc2c3cc4cc2Oc2ccc(cc2Cl)[C@@H](O)[C@@H]2NC(=O)[C@H](NC(=O)[C@@H]4NC(=O)[C@H]4NC(=O)[C@@H](Cc5ccc(cc5)O3)NC(=O)[C@@H](NC)c3ccc(O)c(c3)Oc3cc(O)c(Cl)c4c3)c3ccc(O)c(c3)-c3c(O[C@H]4O[C@H](CO)[C@@H](O)[C@H](O)[C@@H]4O)cc(O)cc3[C@@H](C(=O)NCCCNCCCNCCCN)NC2=O)O[C@H](C(=O)OC)[C@@H](O)[C@@H]1O. The molecule has 8 aliphatic heterocycles. The van der Waals surface area contributed by atoms with E-state index in [9.17, 15) is 70.6 Å². The lowest BCUT2D eigenvalue weighted by Gasteiger charge is -2.41. The van der Waals surface area contributed by atoms with Gasteiger partial charge in [0.2, 0.25) is 65.6 Å². The first kappa shape index (κ1) is 99.5. The molecular weight excluding hydrogens is 1790 g/mol. The molecule has 0 radical (unpaired) electrons. The molecule has 2 saturated heterocycles. The second-order valence-corrected chi connectivity index (χ2v) is 34.0. The summed E-state index contributed by atoms with van der Waals surface area (Å²) < 4.78 is 50.1. The smallest absolute Gasteiger partial charge is 0.337 e. The summed E-state index contributed by atoms with van der Waals surface area (Å²) in [5.41, 5.74) is 3.02. The summed E-state index contributed by atoms with van der Waals surface area (Å²) in [7, 11) is 2.40. The summed E-state index contributed by atoms with van der Waals surface area (Å²) in [5, 5.41) is 158. The number of benzene rings is 7. The highest BCUT2D eigenvalue weighted by Gasteiger charge is 2.52. The number of halogens is 2. The van der Waals surface area contributed by atoms with Crippen LogP contribution in [0.4, 0.5) is 0 Å². The maximum Gasteiger partial charge on any atom is 0.337 e. The molecule has 720 valence electrons. The Morgan fingerprint density at radius 2 is 1.16 bits per heavy atom. The summed E-state index contributed by atoms with van der Waals surface area (Å²) in [4.78, 5) is 140. The van der Waals surface area contributed by atoms with E-state index < -0.39 is 271 Å². The number of amides is 8. The van der Waals surface area contributed by atoms with Crippen LogP contribution in [0.5, 0.6) is 69.0 Å². The molecule has 2 fully saturated rings. The molecule has 8 aliphatic rings. The van der Waals surface area contributed by atoms with E-state index >= 15 is 28.8 Å². The van der Waals surface area contributed by atoms with Crippen LogP contribution in [0.3, 0.4) is 0 Å². The summed E-state index contributed by atoms with van der Waals surface area (Å²) in [5.74, 6) is -17.2. The number of aromatic hydroxyl groups is 4. The van der Waals surface area contributed by atoms with Crippen LogP contribution in [0.15, 0.2) is 115 Å². The molecule has 8 heterocycles. The van der Waals surface area contributed by atoms with E-state index in [2.05, 4.69) is 65.4 Å². The van der Waals surface area contributed by atoms with Crippen LogP contribution < -0.4 is 87.9 Å². The summed E-state index contributed by atoms with van der Waals surface area (Å²) >= 11 is 14.4. The Kier molecular flexibility index (Phi) is 33.7. The number of ether oxygens (including phenoxy) is 8. The number of phenolic OH excluding ortho intramolecular Hbond substituents is 4. The molecule has 42 heteroatoms. The first-order valence-corrected chi connectivity index (χ1v) is 44.9. The number of hydrogen-bond donors (Lipinski definition) is 23. The van der Waals surface area contributed by atoms with Crippen molar-refractivity contribution in [1.82, 2.24) is 58.5 Å². The molecule has 18 atom stereocenters. The number of likely N-dealkylation sites (N-methyl/N-ethyl adjacent to an activating group) is 1. The molecule has 0 aromatic heterocycles. The molecule has 0 saturated carbocycles. The first-order chi connectivity index (χ1) is 64.4. The van der Waals surface area contributed by atoms with Gasteiger partial charge < -0.3 is 158 Å². The highest BCUT2D eigenvalue weighted by molar-refractivity contribution is 6.33. The lowest BCUT2D eigenvalue weighted by Crippen LogP contribution is -2.66. The number of nitrogens with two attached hydrogens (primary N) is 1. The van der Waals surface area contributed by atoms with Gasteiger partial charge in [0.15, 0.2) is 29.1 Å². The van der Waals surface area contributed by atoms with E-state index in [0.717, 1.165) is 132 Å². The molecule has 0 unspecified atom stereocenters. The highest BCUT2D eigenvalue weighted by atomic mass is 35.5. The number of rotatable bonds is 29. The molecule has 40 nitrogen and oxygen atoms in total. The van der Waals surface area contributed by atoms with Gasteiger partial charge >= 0.3 is 5.97 Å². The number of methoxy groups -OCH3 is 1. The summed E-state index contributed by atoms with van der Waals surface area (Å²) in [6, 6.07) is 6.02. The Hall–Kier alpha value is -12.0. The molecule has 7 aromatic carbocycles. The minimum atomic E-state index is -2.44. The monoisotopic (exact) mass is 1900 g/mol. The van der Waals surface area contributed by atoms with E-state index in [0.29, 0.717) is 44.6 Å². The predicted molar refractivity (Wildman–Crippen MR) is 477 cm³/mol. The minimum absolute atomic E-state index is 0.114. The fraction of sp³-hybridized carbons (Fsp3) is 0.446. The van der Waals surface area contributed by atoms with Crippen molar-refractivity contribution in [3.05, 3.63) is 164 Å². The zero-order chi connectivity index (χ0) is 95.9. The van der Waals surface area contributed by atoms with Gasteiger partial charge in [0, 0.05) is 48.2 Å². The molecular formula is C92H110Cl2N12O28. The Labute approximate surface area is 778 Å². The summed E-state index contributed by atoms with van der Waals surface area (Å²) in [6.07, 6.45) is -12.6. The van der Waals surface area contributed by atoms with Crippen LogP contribution in [0.2, 0.25) is 10.0 Å². The zero-order valence-corrected chi connectivity index (χ0v) is 74.7. The van der Waals surface area contributed by atoms with E-state index in [1.54, 1.807) is 0 Å². The van der Waals surface area contributed by atoms with Crippen molar-refractivity contribution in [3.63, 3.8) is 0 Å².